The molecule has 322 valence electrons. The smallest absolute Gasteiger partial charge is 0.196 e. The van der Waals surface area contributed by atoms with Gasteiger partial charge < -0.3 is 19.6 Å². The molecule has 0 saturated heterocycles. The predicted molar refractivity (Wildman–Crippen MR) is 254 cm³/mol. The molecule has 13 rings (SSSR count). The molecule has 0 saturated carbocycles. The molecule has 8 nitrogen and oxygen atoms in total. The fourth-order valence-corrected chi connectivity index (χ4v) is 14.9. The molecule has 0 atom stereocenters. The third-order valence-electron chi connectivity index (χ3n) is 12.2. The normalized spacial score (nSPS) is 15.7. The summed E-state index contributed by atoms with van der Waals surface area (Å²) in [5.41, 5.74) is 15.6. The van der Waals surface area contributed by atoms with Gasteiger partial charge in [-0.3, -0.25) is 9.36 Å². The van der Waals surface area contributed by atoms with E-state index < -0.39 is 0 Å². The number of aromatic nitrogens is 4. The van der Waals surface area contributed by atoms with Crippen LogP contribution in [0.2, 0.25) is 0 Å². The topological polar surface area (TPSA) is 48.6 Å². The van der Waals surface area contributed by atoms with Crippen LogP contribution in [0.5, 0.6) is 0 Å². The first kappa shape index (κ1) is 42.7. The number of anilines is 2. The molecular weight excluding hydrogens is 1230 g/mol. The Balaban J connectivity index is 0.00000228. The summed E-state index contributed by atoms with van der Waals surface area (Å²) in [6, 6.07) is 38.1. The molecule has 64 heavy (non-hydrogen) atoms. The summed E-state index contributed by atoms with van der Waals surface area (Å²) in [4.78, 5) is 18.6. The van der Waals surface area contributed by atoms with Crippen molar-refractivity contribution in [3.8, 4) is 11.4 Å². The third kappa shape index (κ3) is 6.55. The molecule has 6 aliphatic heterocycles. The molecular formula is C48H34B2N8Pt2S4-6. The van der Waals surface area contributed by atoms with Crippen molar-refractivity contribution >= 4 is 105 Å². The van der Waals surface area contributed by atoms with Gasteiger partial charge in [0.25, 0.3) is 0 Å². The van der Waals surface area contributed by atoms with E-state index in [0.717, 1.165) is 45.5 Å². The van der Waals surface area contributed by atoms with E-state index in [1.807, 2.05) is 56.4 Å². The zero-order valence-corrected chi connectivity index (χ0v) is 43.0. The summed E-state index contributed by atoms with van der Waals surface area (Å²) in [5.74, 6) is 0. The Kier molecular flexibility index (Phi) is 10.6. The standard InChI is InChI=1S/C48H34B2N8S4.2Pt/c1-27-19-29(3)57(51-27)33-9-13-41-37(23-33)49-35-21-31(55-17-15-53(5)25-55)7-11-39(35)59-45-43(49)47(61-41)48-44-46(45)60-40-12-8-32(56-18-16-54(6)26-56)22-36(40)50(44)38-24-34(10-14-42(38)62-48)58-30(4)20-28(2)52-58;;/h7-20,25-26H,1-6H3;;/q-6;;. The maximum atomic E-state index is 4.90. The fraction of sp³-hybridized carbons (Fsp3) is 0.125. The van der Waals surface area contributed by atoms with E-state index in [-0.39, 0.29) is 55.6 Å². The molecule has 0 amide bonds. The van der Waals surface area contributed by atoms with E-state index in [1.54, 1.807) is 0 Å². The van der Waals surface area contributed by atoms with Crippen LogP contribution in [0.3, 0.4) is 0 Å². The molecule has 5 aromatic carbocycles. The number of hydrogen-bond donors (Lipinski definition) is 0. The average molecular weight is 1260 g/mol. The van der Waals surface area contributed by atoms with E-state index in [4.69, 9.17) is 10.2 Å². The van der Waals surface area contributed by atoms with Crippen molar-refractivity contribution in [1.29, 1.82) is 0 Å². The molecule has 0 radical (unpaired) electrons. The molecule has 2 aromatic heterocycles. The van der Waals surface area contributed by atoms with Gasteiger partial charge in [0.1, 0.15) is 0 Å². The number of fused-ring (bicyclic) bond motifs is 10. The van der Waals surface area contributed by atoms with E-state index in [2.05, 4.69) is 184 Å². The zero-order valence-electron chi connectivity index (χ0n) is 35.2. The minimum absolute atomic E-state index is 0. The van der Waals surface area contributed by atoms with Crippen LogP contribution in [0.25, 0.3) is 11.4 Å². The first-order valence-corrected chi connectivity index (χ1v) is 23.7. The molecule has 0 N–H and O–H groups in total. The molecule has 0 aliphatic carbocycles. The molecule has 6 aliphatic rings. The second-order valence-corrected chi connectivity index (χ2v) is 20.8. The second-order valence-electron chi connectivity index (χ2n) is 16.6. The number of rotatable bonds is 4. The summed E-state index contributed by atoms with van der Waals surface area (Å²) in [5, 5.41) is 9.80. The van der Waals surface area contributed by atoms with Gasteiger partial charge in [-0.2, -0.15) is 141 Å². The van der Waals surface area contributed by atoms with Gasteiger partial charge in [0, 0.05) is 73.1 Å². The van der Waals surface area contributed by atoms with Crippen molar-refractivity contribution < 1.29 is 42.1 Å². The quantitative estimate of drug-likeness (QED) is 0.154. The summed E-state index contributed by atoms with van der Waals surface area (Å²) >= 11 is 7.60. The number of hydrogen-bond acceptors (Lipinski definition) is 10. The molecule has 0 spiro atoms. The van der Waals surface area contributed by atoms with Crippen molar-refractivity contribution in [3.05, 3.63) is 146 Å². The van der Waals surface area contributed by atoms with Crippen LogP contribution in [0, 0.1) is 65.3 Å². The SMILES string of the molecule is Cc1cc(C)n(-c2[c-]c3c(cc2)Sc2c4c5c(c6c2B3c2[c-]c(N3C=CN(C)[CH-]3)ccc2S6)Sc2ccc(N3C=CN(C)[CH-]3)[c-]c2B5c2[c-]c(-n3nc(C)cc3C)ccc2S4)n1.[Pt].[Pt]. The molecule has 16 heteroatoms. The van der Waals surface area contributed by atoms with Crippen LogP contribution in [0.15, 0.2) is 125 Å². The molecule has 7 aromatic rings. The maximum Gasteiger partial charge on any atom is 0.196 e. The molecule has 0 fully saturated rings. The number of nitrogens with zero attached hydrogens (tertiary/aromatic N) is 8. The van der Waals surface area contributed by atoms with Gasteiger partial charge in [-0.15, -0.1) is 55.2 Å². The van der Waals surface area contributed by atoms with Crippen LogP contribution in [-0.2, 0) is 42.1 Å². The van der Waals surface area contributed by atoms with Crippen LogP contribution in [-0.4, -0.2) is 56.9 Å². The van der Waals surface area contributed by atoms with Crippen molar-refractivity contribution in [2.45, 2.75) is 66.9 Å². The summed E-state index contributed by atoms with van der Waals surface area (Å²) < 4.78 is 4.07. The average Bonchev–Trinajstić information content (AvgIpc) is 4.07. The van der Waals surface area contributed by atoms with Crippen LogP contribution in [0.1, 0.15) is 22.8 Å². The monoisotopic (exact) mass is 1260 g/mol. The van der Waals surface area contributed by atoms with Gasteiger partial charge in [-0.1, -0.05) is 0 Å². The minimum Gasteiger partial charge on any atom is -0.510 e. The number of benzene rings is 5. The van der Waals surface area contributed by atoms with Gasteiger partial charge in [-0.25, -0.2) is 0 Å². The fourth-order valence-electron chi connectivity index (χ4n) is 9.57. The Morgan fingerprint density at radius 3 is 1.09 bits per heavy atom. The number of aryl methyl sites for hydroxylation is 4. The Hall–Kier alpha value is -3.89. The Bertz CT molecular complexity index is 2980. The van der Waals surface area contributed by atoms with E-state index in [1.165, 1.54) is 71.9 Å². The Labute approximate surface area is 420 Å². The first-order valence-electron chi connectivity index (χ1n) is 20.5. The van der Waals surface area contributed by atoms with Crippen molar-refractivity contribution in [3.63, 3.8) is 0 Å². The van der Waals surface area contributed by atoms with E-state index in [0.29, 0.717) is 0 Å². The summed E-state index contributed by atoms with van der Waals surface area (Å²) in [7, 11) is 4.12. The maximum absolute atomic E-state index is 4.90. The van der Waals surface area contributed by atoms with E-state index >= 15 is 0 Å². The van der Waals surface area contributed by atoms with Gasteiger partial charge in [0.2, 0.25) is 0 Å². The predicted octanol–water partition coefficient (Wildman–Crippen LogP) is 6.06. The second kappa shape index (κ2) is 15.9. The first-order chi connectivity index (χ1) is 30.1. The Morgan fingerprint density at radius 1 is 0.469 bits per heavy atom. The van der Waals surface area contributed by atoms with Crippen molar-refractivity contribution in [2.75, 3.05) is 23.9 Å². The third-order valence-corrected chi connectivity index (χ3v) is 17.3. The van der Waals surface area contributed by atoms with Crippen LogP contribution < -0.4 is 42.6 Å². The largest absolute Gasteiger partial charge is 0.510 e. The van der Waals surface area contributed by atoms with Crippen molar-refractivity contribution in [1.82, 2.24) is 29.4 Å². The summed E-state index contributed by atoms with van der Waals surface area (Å²) in [6.45, 7) is 12.4. The summed E-state index contributed by atoms with van der Waals surface area (Å²) in [6.07, 6.45) is 8.35. The van der Waals surface area contributed by atoms with E-state index in [9.17, 15) is 0 Å². The van der Waals surface area contributed by atoms with Crippen LogP contribution >= 0.6 is 47.0 Å². The Morgan fingerprint density at radius 2 is 0.797 bits per heavy atom. The molecule has 8 heterocycles. The molecule has 0 unspecified atom stereocenters. The van der Waals surface area contributed by atoms with Gasteiger partial charge in [0.15, 0.2) is 13.4 Å². The molecule has 0 bridgehead atoms. The zero-order chi connectivity index (χ0) is 41.7. The van der Waals surface area contributed by atoms with Gasteiger partial charge in [-0.05, 0) is 101 Å². The van der Waals surface area contributed by atoms with Crippen molar-refractivity contribution in [2.24, 2.45) is 0 Å². The van der Waals surface area contributed by atoms with Crippen LogP contribution in [0.4, 0.5) is 11.4 Å². The van der Waals surface area contributed by atoms with Gasteiger partial charge in [0.05, 0.1) is 11.4 Å². The minimum atomic E-state index is -0.0824. The van der Waals surface area contributed by atoms with Gasteiger partial charge >= 0.3 is 0 Å².